The van der Waals surface area contributed by atoms with Gasteiger partial charge >= 0.3 is 5.97 Å². The van der Waals surface area contributed by atoms with Gasteiger partial charge in [-0.2, -0.15) is 0 Å². The Morgan fingerprint density at radius 2 is 1.95 bits per heavy atom. The van der Waals surface area contributed by atoms with E-state index in [1.165, 1.54) is 6.26 Å². The molecule has 1 heterocycles. The van der Waals surface area contributed by atoms with Gasteiger partial charge in [-0.25, -0.2) is 0 Å². The lowest BCUT2D eigenvalue weighted by atomic mass is 10.1. The molecule has 1 atom stereocenters. The molecule has 116 valence electrons. The van der Waals surface area contributed by atoms with Crippen LogP contribution in [0.2, 0.25) is 0 Å². The Balaban J connectivity index is 1.65. The highest BCUT2D eigenvalue weighted by molar-refractivity contribution is 5.91. The van der Waals surface area contributed by atoms with Crippen molar-refractivity contribution in [3.05, 3.63) is 60.1 Å². The van der Waals surface area contributed by atoms with Crippen LogP contribution in [0.1, 0.15) is 42.0 Å². The predicted molar refractivity (Wildman–Crippen MR) is 81.2 cm³/mol. The zero-order valence-electron chi connectivity index (χ0n) is 12.5. The molecule has 22 heavy (non-hydrogen) atoms. The van der Waals surface area contributed by atoms with Crippen molar-refractivity contribution < 1.29 is 18.7 Å². The molecule has 1 unspecified atom stereocenters. The lowest BCUT2D eigenvalue weighted by Gasteiger charge is -2.13. The summed E-state index contributed by atoms with van der Waals surface area (Å²) in [6.07, 6.45) is 1.95. The standard InChI is InChI=1S/C17H19NO4/c1-13(14-7-3-2-4-8-14)22-16(19)10-5-11-18-17(20)15-9-6-12-21-15/h2-4,6-9,12-13H,5,10-11H2,1H3,(H,18,20). The predicted octanol–water partition coefficient (Wildman–Crippen LogP) is 3.09. The van der Waals surface area contributed by atoms with Gasteiger partial charge in [-0.1, -0.05) is 30.3 Å². The van der Waals surface area contributed by atoms with Gasteiger partial charge in [0.25, 0.3) is 5.91 Å². The van der Waals surface area contributed by atoms with Crippen LogP contribution < -0.4 is 5.32 Å². The number of benzene rings is 1. The van der Waals surface area contributed by atoms with Gasteiger partial charge in [0.2, 0.25) is 0 Å². The smallest absolute Gasteiger partial charge is 0.306 e. The average Bonchev–Trinajstić information content (AvgIpc) is 3.06. The maximum Gasteiger partial charge on any atom is 0.306 e. The summed E-state index contributed by atoms with van der Waals surface area (Å²) in [5.74, 6) is -0.292. The minimum atomic E-state index is -0.281. The molecular formula is C17H19NO4. The van der Waals surface area contributed by atoms with Crippen LogP contribution in [0.15, 0.2) is 53.1 Å². The monoisotopic (exact) mass is 301 g/mol. The van der Waals surface area contributed by atoms with Crippen molar-refractivity contribution in [2.24, 2.45) is 0 Å². The molecule has 0 fully saturated rings. The van der Waals surface area contributed by atoms with Crippen LogP contribution >= 0.6 is 0 Å². The van der Waals surface area contributed by atoms with E-state index in [-0.39, 0.29) is 30.2 Å². The second kappa shape index (κ2) is 8.02. The van der Waals surface area contributed by atoms with E-state index < -0.39 is 0 Å². The number of esters is 1. The summed E-state index contributed by atoms with van der Waals surface area (Å²) in [5.41, 5.74) is 0.960. The second-order valence-corrected chi connectivity index (χ2v) is 4.88. The van der Waals surface area contributed by atoms with Crippen LogP contribution in [0.4, 0.5) is 0 Å². The quantitative estimate of drug-likeness (QED) is 0.630. The van der Waals surface area contributed by atoms with Crippen LogP contribution in [0, 0.1) is 0 Å². The molecule has 0 radical (unpaired) electrons. The number of hydrogen-bond acceptors (Lipinski definition) is 4. The number of rotatable bonds is 7. The Hall–Kier alpha value is -2.56. The molecule has 1 aromatic heterocycles. The van der Waals surface area contributed by atoms with Crippen LogP contribution in [0.3, 0.4) is 0 Å². The molecule has 0 aliphatic heterocycles. The SMILES string of the molecule is CC(OC(=O)CCCNC(=O)c1ccco1)c1ccccc1. The lowest BCUT2D eigenvalue weighted by Crippen LogP contribution is -2.24. The highest BCUT2D eigenvalue weighted by atomic mass is 16.5. The Kier molecular flexibility index (Phi) is 5.77. The third kappa shape index (κ3) is 4.77. The molecule has 1 amide bonds. The summed E-state index contributed by atoms with van der Waals surface area (Å²) in [4.78, 5) is 23.3. The molecule has 0 spiro atoms. The van der Waals surface area contributed by atoms with Crippen molar-refractivity contribution in [3.8, 4) is 0 Å². The van der Waals surface area contributed by atoms with Gasteiger partial charge < -0.3 is 14.5 Å². The van der Waals surface area contributed by atoms with Gasteiger partial charge in [0.15, 0.2) is 5.76 Å². The van der Waals surface area contributed by atoms with E-state index in [1.54, 1.807) is 12.1 Å². The molecule has 2 rings (SSSR count). The van der Waals surface area contributed by atoms with Gasteiger partial charge in [0.05, 0.1) is 6.26 Å². The van der Waals surface area contributed by atoms with E-state index in [0.717, 1.165) is 5.56 Å². The second-order valence-electron chi connectivity index (χ2n) is 4.88. The van der Waals surface area contributed by atoms with Crippen LogP contribution in [-0.2, 0) is 9.53 Å². The average molecular weight is 301 g/mol. The minimum absolute atomic E-state index is 0.260. The number of furan rings is 1. The minimum Gasteiger partial charge on any atom is -0.459 e. The Bertz CT molecular complexity index is 592. The highest BCUT2D eigenvalue weighted by Gasteiger charge is 2.12. The van der Waals surface area contributed by atoms with Crippen molar-refractivity contribution in [3.63, 3.8) is 0 Å². The molecule has 5 heteroatoms. The molecule has 5 nitrogen and oxygen atoms in total. The van der Waals surface area contributed by atoms with E-state index in [9.17, 15) is 9.59 Å². The Morgan fingerprint density at radius 1 is 1.18 bits per heavy atom. The van der Waals surface area contributed by atoms with E-state index in [0.29, 0.717) is 13.0 Å². The molecule has 0 aliphatic rings. The summed E-state index contributed by atoms with van der Waals surface area (Å²) >= 11 is 0. The van der Waals surface area contributed by atoms with Crippen molar-refractivity contribution in [1.82, 2.24) is 5.32 Å². The van der Waals surface area contributed by atoms with E-state index in [2.05, 4.69) is 5.32 Å². The molecule has 0 aliphatic carbocycles. The number of hydrogen-bond donors (Lipinski definition) is 1. The largest absolute Gasteiger partial charge is 0.459 e. The van der Waals surface area contributed by atoms with E-state index in [4.69, 9.17) is 9.15 Å². The number of carbonyl (C=O) groups excluding carboxylic acids is 2. The van der Waals surface area contributed by atoms with Crippen LogP contribution in [0.5, 0.6) is 0 Å². The highest BCUT2D eigenvalue weighted by Crippen LogP contribution is 2.16. The van der Waals surface area contributed by atoms with Crippen molar-refractivity contribution in [1.29, 1.82) is 0 Å². The fraction of sp³-hybridized carbons (Fsp3) is 0.294. The number of amides is 1. The van der Waals surface area contributed by atoms with E-state index >= 15 is 0 Å². The molecular weight excluding hydrogens is 282 g/mol. The first-order valence-electron chi connectivity index (χ1n) is 7.23. The first-order chi connectivity index (χ1) is 10.7. The van der Waals surface area contributed by atoms with Crippen LogP contribution in [-0.4, -0.2) is 18.4 Å². The van der Waals surface area contributed by atoms with Crippen molar-refractivity contribution >= 4 is 11.9 Å². The summed E-state index contributed by atoms with van der Waals surface area (Å²) < 4.78 is 10.3. The zero-order chi connectivity index (χ0) is 15.8. The van der Waals surface area contributed by atoms with E-state index in [1.807, 2.05) is 37.3 Å². The van der Waals surface area contributed by atoms with Gasteiger partial charge in [-0.15, -0.1) is 0 Å². The number of carbonyl (C=O) groups is 2. The van der Waals surface area contributed by atoms with Crippen molar-refractivity contribution in [2.75, 3.05) is 6.54 Å². The Labute approximate surface area is 129 Å². The van der Waals surface area contributed by atoms with Crippen LogP contribution in [0.25, 0.3) is 0 Å². The molecule has 0 bridgehead atoms. The zero-order valence-corrected chi connectivity index (χ0v) is 12.5. The van der Waals surface area contributed by atoms with Gasteiger partial charge in [0.1, 0.15) is 6.10 Å². The number of nitrogens with one attached hydrogen (secondary N) is 1. The number of ether oxygens (including phenoxy) is 1. The Morgan fingerprint density at radius 3 is 2.64 bits per heavy atom. The molecule has 0 saturated carbocycles. The third-order valence-electron chi connectivity index (χ3n) is 3.17. The van der Waals surface area contributed by atoms with Gasteiger partial charge in [-0.05, 0) is 31.0 Å². The molecule has 2 aromatic rings. The normalized spacial score (nSPS) is 11.7. The third-order valence-corrected chi connectivity index (χ3v) is 3.17. The van der Waals surface area contributed by atoms with Gasteiger partial charge in [-0.3, -0.25) is 9.59 Å². The summed E-state index contributed by atoms with van der Waals surface area (Å²) in [6.45, 7) is 2.24. The molecule has 1 aromatic carbocycles. The first kappa shape index (κ1) is 15.8. The summed E-state index contributed by atoms with van der Waals surface area (Å²) in [5, 5.41) is 2.68. The fourth-order valence-corrected chi connectivity index (χ4v) is 1.98. The summed E-state index contributed by atoms with van der Waals surface area (Å²) in [6, 6.07) is 12.8. The fourth-order valence-electron chi connectivity index (χ4n) is 1.98. The molecule has 1 N–H and O–H groups in total. The first-order valence-corrected chi connectivity index (χ1v) is 7.23. The van der Waals surface area contributed by atoms with Crippen molar-refractivity contribution in [2.45, 2.75) is 25.9 Å². The van der Waals surface area contributed by atoms with Gasteiger partial charge in [0, 0.05) is 13.0 Å². The lowest BCUT2D eigenvalue weighted by molar-refractivity contribution is -0.148. The molecule has 0 saturated heterocycles. The maximum absolute atomic E-state index is 11.7. The topological polar surface area (TPSA) is 68.5 Å². The maximum atomic E-state index is 11.7. The summed E-state index contributed by atoms with van der Waals surface area (Å²) in [7, 11) is 0.